The summed E-state index contributed by atoms with van der Waals surface area (Å²) in [5, 5.41) is 14.1. The first-order valence-corrected chi connectivity index (χ1v) is 10.4. The highest BCUT2D eigenvalue weighted by molar-refractivity contribution is 7.17. The first-order valence-electron chi connectivity index (χ1n) is 9.48. The van der Waals surface area contributed by atoms with E-state index in [1.807, 2.05) is 50.4 Å². The number of nitrogens with zero attached hydrogens (tertiary/aromatic N) is 1. The molecule has 0 aliphatic heterocycles. The van der Waals surface area contributed by atoms with Crippen molar-refractivity contribution in [2.24, 2.45) is 0 Å². The van der Waals surface area contributed by atoms with Crippen molar-refractivity contribution in [2.75, 3.05) is 20.6 Å². The maximum atomic E-state index is 15.0. The van der Waals surface area contributed by atoms with E-state index in [1.165, 1.54) is 17.4 Å². The molecule has 30 heavy (non-hydrogen) atoms. The van der Waals surface area contributed by atoms with Gasteiger partial charge in [-0.25, -0.2) is 4.39 Å². The number of hydrogen-bond donors (Lipinski definition) is 2. The smallest absolute Gasteiger partial charge is 0.266 e. The molecule has 0 saturated carbocycles. The summed E-state index contributed by atoms with van der Waals surface area (Å²) in [4.78, 5) is 17.4. The van der Waals surface area contributed by atoms with Gasteiger partial charge >= 0.3 is 0 Å². The van der Waals surface area contributed by atoms with Gasteiger partial charge in [-0.1, -0.05) is 19.1 Å². The Morgan fingerprint density at radius 1 is 1.23 bits per heavy atom. The first kappa shape index (κ1) is 22.3. The number of aryl methyl sites for hydroxylation is 1. The van der Waals surface area contributed by atoms with Crippen LogP contribution in [-0.4, -0.2) is 35.6 Å². The van der Waals surface area contributed by atoms with Crippen molar-refractivity contribution < 1.29 is 9.50 Å². The number of likely N-dealkylation sites (N-methyl/N-ethyl adjacent to an activating group) is 1. The molecule has 0 spiro atoms. The molecule has 0 aliphatic carbocycles. The van der Waals surface area contributed by atoms with E-state index in [2.05, 4.69) is 4.98 Å². The molecule has 158 valence electrons. The average molecular weight is 447 g/mol. The fourth-order valence-electron chi connectivity index (χ4n) is 4.10. The number of phenols is 1. The predicted octanol–water partition coefficient (Wildman–Crippen LogP) is 5.65. The van der Waals surface area contributed by atoms with Crippen LogP contribution in [0.4, 0.5) is 4.39 Å². The lowest BCUT2D eigenvalue weighted by molar-refractivity contribution is 0.378. The van der Waals surface area contributed by atoms with Crippen LogP contribution in [0.2, 0.25) is 0 Å². The summed E-state index contributed by atoms with van der Waals surface area (Å²) < 4.78 is 15.6. The standard InChI is InChI=1S/C23H23FN2O2S.ClH/c1-12-9-18(27)19(20-16-7-8-29-22(16)23(28)25-21(12)20)14-5-6-15(17(24)10-14)13(2)11-26(3)4;/h5-10,13,27H,11H2,1-4H3,(H,25,28);1H/t13-;/m0./s1. The molecule has 2 aromatic heterocycles. The van der Waals surface area contributed by atoms with Gasteiger partial charge in [0.05, 0.1) is 5.52 Å². The van der Waals surface area contributed by atoms with Gasteiger partial charge in [0.2, 0.25) is 0 Å². The SMILES string of the molecule is Cc1cc(O)c(-c2ccc([C@@H](C)CN(C)C)c(F)c2)c2c1[nH]c(=O)c1sccc12.Cl. The average Bonchev–Trinajstić information content (AvgIpc) is 3.12. The predicted molar refractivity (Wildman–Crippen MR) is 126 cm³/mol. The van der Waals surface area contributed by atoms with Crippen LogP contribution in [0.25, 0.3) is 32.1 Å². The Hall–Kier alpha value is -2.41. The highest BCUT2D eigenvalue weighted by atomic mass is 35.5. The molecule has 0 amide bonds. The molecule has 2 heterocycles. The van der Waals surface area contributed by atoms with E-state index in [9.17, 15) is 9.90 Å². The van der Waals surface area contributed by atoms with E-state index in [-0.39, 0.29) is 35.5 Å². The van der Waals surface area contributed by atoms with Gasteiger partial charge in [0, 0.05) is 22.9 Å². The van der Waals surface area contributed by atoms with Crippen molar-refractivity contribution in [3.63, 3.8) is 0 Å². The second-order valence-electron chi connectivity index (χ2n) is 7.85. The van der Waals surface area contributed by atoms with Gasteiger partial charge in [-0.05, 0) is 67.2 Å². The van der Waals surface area contributed by atoms with E-state index in [0.29, 0.717) is 26.9 Å². The molecule has 0 aliphatic rings. The van der Waals surface area contributed by atoms with Gasteiger partial charge in [-0.15, -0.1) is 23.7 Å². The third-order valence-electron chi connectivity index (χ3n) is 5.34. The molecule has 2 N–H and O–H groups in total. The zero-order valence-corrected chi connectivity index (χ0v) is 18.9. The van der Waals surface area contributed by atoms with Crippen molar-refractivity contribution in [3.05, 3.63) is 63.0 Å². The minimum absolute atomic E-state index is 0. The second-order valence-corrected chi connectivity index (χ2v) is 8.77. The number of benzene rings is 2. The van der Waals surface area contributed by atoms with E-state index < -0.39 is 0 Å². The summed E-state index contributed by atoms with van der Waals surface area (Å²) >= 11 is 1.36. The molecule has 7 heteroatoms. The number of nitrogens with one attached hydrogen (secondary N) is 1. The molecule has 0 bridgehead atoms. The molecular formula is C23H24ClFN2O2S. The third-order valence-corrected chi connectivity index (χ3v) is 6.26. The number of rotatable bonds is 4. The molecule has 1 atom stereocenters. The van der Waals surface area contributed by atoms with Crippen LogP contribution in [0, 0.1) is 12.7 Å². The number of pyridine rings is 1. The topological polar surface area (TPSA) is 56.3 Å². The molecule has 0 fully saturated rings. The monoisotopic (exact) mass is 446 g/mol. The highest BCUT2D eigenvalue weighted by Gasteiger charge is 2.19. The van der Waals surface area contributed by atoms with Gasteiger partial charge in [0.15, 0.2) is 0 Å². The molecule has 0 saturated heterocycles. The number of hydrogen-bond acceptors (Lipinski definition) is 4. The number of aromatic amines is 1. The van der Waals surface area contributed by atoms with Crippen molar-refractivity contribution in [1.29, 1.82) is 0 Å². The zero-order chi connectivity index (χ0) is 20.9. The van der Waals surface area contributed by atoms with Crippen molar-refractivity contribution in [1.82, 2.24) is 9.88 Å². The number of aromatic nitrogens is 1. The van der Waals surface area contributed by atoms with Gasteiger partial charge in [0.1, 0.15) is 16.3 Å². The van der Waals surface area contributed by atoms with Crippen molar-refractivity contribution in [2.45, 2.75) is 19.8 Å². The van der Waals surface area contributed by atoms with Crippen LogP contribution in [0.3, 0.4) is 0 Å². The van der Waals surface area contributed by atoms with Gasteiger partial charge in [-0.3, -0.25) is 4.79 Å². The van der Waals surface area contributed by atoms with Gasteiger partial charge in [0.25, 0.3) is 5.56 Å². The molecular weight excluding hydrogens is 423 g/mol. The van der Waals surface area contributed by atoms with E-state index >= 15 is 4.39 Å². The van der Waals surface area contributed by atoms with E-state index in [1.54, 1.807) is 12.1 Å². The summed E-state index contributed by atoms with van der Waals surface area (Å²) in [6.07, 6.45) is 0. The lowest BCUT2D eigenvalue weighted by atomic mass is 9.92. The quantitative estimate of drug-likeness (QED) is 0.426. The van der Waals surface area contributed by atoms with E-state index in [0.717, 1.165) is 22.9 Å². The summed E-state index contributed by atoms with van der Waals surface area (Å²) in [5.41, 5.74) is 3.05. The maximum absolute atomic E-state index is 15.0. The normalized spacial score (nSPS) is 12.5. The number of H-pyrrole nitrogens is 1. The van der Waals surface area contributed by atoms with Crippen LogP contribution in [0.1, 0.15) is 24.0 Å². The number of fused-ring (bicyclic) bond motifs is 3. The lowest BCUT2D eigenvalue weighted by Gasteiger charge is -2.19. The zero-order valence-electron chi connectivity index (χ0n) is 17.2. The highest BCUT2D eigenvalue weighted by Crippen LogP contribution is 2.41. The Kier molecular flexibility index (Phi) is 6.22. The molecule has 4 aromatic rings. The molecule has 0 radical (unpaired) electrons. The number of halogens is 2. The summed E-state index contributed by atoms with van der Waals surface area (Å²) in [5.74, 6) is -0.179. The number of phenolic OH excluding ortho intramolecular Hbond substituents is 1. The first-order chi connectivity index (χ1) is 13.8. The molecule has 2 aromatic carbocycles. The van der Waals surface area contributed by atoms with Crippen LogP contribution < -0.4 is 5.56 Å². The Labute approximate surface area is 184 Å². The Morgan fingerprint density at radius 3 is 2.63 bits per heavy atom. The molecule has 4 rings (SSSR count). The second kappa shape index (κ2) is 8.38. The Balaban J connectivity index is 0.00000256. The number of thiophene rings is 1. The molecule has 0 unspecified atom stereocenters. The summed E-state index contributed by atoms with van der Waals surface area (Å²) in [7, 11) is 3.93. The van der Waals surface area contributed by atoms with Gasteiger partial charge in [-0.2, -0.15) is 0 Å². The van der Waals surface area contributed by atoms with Crippen LogP contribution in [0.5, 0.6) is 5.75 Å². The van der Waals surface area contributed by atoms with E-state index in [4.69, 9.17) is 0 Å². The fraction of sp³-hybridized carbons (Fsp3) is 0.261. The maximum Gasteiger partial charge on any atom is 0.266 e. The third kappa shape index (κ3) is 3.71. The van der Waals surface area contributed by atoms with Crippen molar-refractivity contribution in [3.8, 4) is 16.9 Å². The number of aromatic hydroxyl groups is 1. The van der Waals surface area contributed by atoms with Crippen LogP contribution in [0.15, 0.2) is 40.5 Å². The summed E-state index contributed by atoms with van der Waals surface area (Å²) in [6.45, 7) is 4.58. The Morgan fingerprint density at radius 2 is 1.97 bits per heavy atom. The molecule has 4 nitrogen and oxygen atoms in total. The minimum Gasteiger partial charge on any atom is -0.507 e. The Bertz CT molecular complexity index is 1300. The van der Waals surface area contributed by atoms with Crippen LogP contribution >= 0.6 is 23.7 Å². The minimum atomic E-state index is -0.295. The summed E-state index contributed by atoms with van der Waals surface area (Å²) in [6, 6.07) is 8.61. The van der Waals surface area contributed by atoms with Gasteiger partial charge < -0.3 is 15.0 Å². The fourth-order valence-corrected chi connectivity index (χ4v) is 4.90. The van der Waals surface area contributed by atoms with Crippen molar-refractivity contribution >= 4 is 44.7 Å². The largest absolute Gasteiger partial charge is 0.507 e. The van der Waals surface area contributed by atoms with Crippen LogP contribution in [-0.2, 0) is 0 Å². The lowest BCUT2D eigenvalue weighted by Crippen LogP contribution is -2.19.